The molecule has 148 valence electrons. The Morgan fingerprint density at radius 2 is 1.89 bits per heavy atom. The smallest absolute Gasteiger partial charge is 0.230 e. The van der Waals surface area contributed by atoms with Gasteiger partial charge in [0, 0.05) is 44.0 Å². The van der Waals surface area contributed by atoms with E-state index in [-0.39, 0.29) is 5.91 Å². The predicted molar refractivity (Wildman–Crippen MR) is 115 cm³/mol. The zero-order chi connectivity index (χ0) is 19.5. The minimum atomic E-state index is 0.0319. The van der Waals surface area contributed by atoms with E-state index in [1.54, 1.807) is 6.07 Å². The molecule has 8 heteroatoms. The molecule has 1 amide bonds. The van der Waals surface area contributed by atoms with Crippen molar-refractivity contribution >= 4 is 40.8 Å². The normalized spacial score (nSPS) is 16.9. The Morgan fingerprint density at radius 3 is 2.61 bits per heavy atom. The van der Waals surface area contributed by atoms with Crippen molar-refractivity contribution in [1.82, 2.24) is 15.3 Å². The number of halogens is 1. The minimum Gasteiger partial charge on any atom is -0.368 e. The van der Waals surface area contributed by atoms with Crippen molar-refractivity contribution in [2.24, 2.45) is 0 Å². The summed E-state index contributed by atoms with van der Waals surface area (Å²) >= 11 is 7.56. The summed E-state index contributed by atoms with van der Waals surface area (Å²) < 4.78 is 0. The van der Waals surface area contributed by atoms with Crippen LogP contribution in [0.5, 0.6) is 0 Å². The van der Waals surface area contributed by atoms with E-state index in [0.717, 1.165) is 44.8 Å². The van der Waals surface area contributed by atoms with Crippen LogP contribution in [-0.4, -0.2) is 53.8 Å². The molecule has 1 aromatic carbocycles. The van der Waals surface area contributed by atoms with Gasteiger partial charge in [0.25, 0.3) is 0 Å². The van der Waals surface area contributed by atoms with Gasteiger partial charge in [0.05, 0.1) is 5.75 Å². The van der Waals surface area contributed by atoms with Gasteiger partial charge in [-0.25, -0.2) is 9.97 Å². The highest BCUT2D eigenvalue weighted by Crippen LogP contribution is 2.26. The minimum absolute atomic E-state index is 0.0319. The summed E-state index contributed by atoms with van der Waals surface area (Å²) in [6, 6.07) is 10.7. The fourth-order valence-corrected chi connectivity index (χ4v) is 4.23. The van der Waals surface area contributed by atoms with Crippen molar-refractivity contribution in [3.8, 4) is 0 Å². The fourth-order valence-electron chi connectivity index (χ4n) is 3.33. The number of benzene rings is 1. The Balaban J connectivity index is 1.37. The maximum Gasteiger partial charge on any atom is 0.230 e. The number of aryl methyl sites for hydroxylation is 1. The van der Waals surface area contributed by atoms with Gasteiger partial charge < -0.3 is 15.1 Å². The molecule has 0 bridgehead atoms. The highest BCUT2D eigenvalue weighted by molar-refractivity contribution is 7.99. The second kappa shape index (κ2) is 8.57. The number of carbonyl (C=O) groups is 1. The predicted octanol–water partition coefficient (Wildman–Crippen LogP) is 3.14. The van der Waals surface area contributed by atoms with Gasteiger partial charge in [-0.1, -0.05) is 41.6 Å². The topological polar surface area (TPSA) is 61.4 Å². The first kappa shape index (κ1) is 19.3. The van der Waals surface area contributed by atoms with Gasteiger partial charge in [-0.3, -0.25) is 4.79 Å². The highest BCUT2D eigenvalue weighted by atomic mass is 35.5. The molecule has 1 aliphatic carbocycles. The van der Waals surface area contributed by atoms with Crippen LogP contribution in [0.4, 0.5) is 11.5 Å². The Morgan fingerprint density at radius 1 is 1.18 bits per heavy atom. The van der Waals surface area contributed by atoms with E-state index in [1.807, 2.05) is 0 Å². The monoisotopic (exact) mass is 417 g/mol. The van der Waals surface area contributed by atoms with Crippen molar-refractivity contribution in [2.75, 3.05) is 41.7 Å². The lowest BCUT2D eigenvalue weighted by molar-refractivity contribution is -0.118. The first-order chi connectivity index (χ1) is 13.6. The van der Waals surface area contributed by atoms with Crippen molar-refractivity contribution in [3.63, 3.8) is 0 Å². The molecule has 2 aliphatic rings. The van der Waals surface area contributed by atoms with Crippen LogP contribution in [0.2, 0.25) is 5.15 Å². The van der Waals surface area contributed by atoms with E-state index in [9.17, 15) is 4.79 Å². The lowest BCUT2D eigenvalue weighted by Crippen LogP contribution is -2.47. The average Bonchev–Trinajstić information content (AvgIpc) is 3.50. The van der Waals surface area contributed by atoms with Crippen LogP contribution in [-0.2, 0) is 4.79 Å². The summed E-state index contributed by atoms with van der Waals surface area (Å²) in [6.07, 6.45) is 2.17. The molecule has 1 N–H and O–H groups in total. The van der Waals surface area contributed by atoms with Crippen LogP contribution in [0, 0.1) is 6.92 Å². The first-order valence-electron chi connectivity index (χ1n) is 9.61. The molecular formula is C20H24ClN5OS. The number of rotatable bonds is 6. The molecule has 0 atom stereocenters. The summed E-state index contributed by atoms with van der Waals surface area (Å²) in [6.45, 7) is 5.74. The second-order valence-corrected chi connectivity index (χ2v) is 8.55. The third-order valence-corrected chi connectivity index (χ3v) is 6.04. The number of hydrogen-bond acceptors (Lipinski definition) is 6. The number of piperazine rings is 1. The Hall–Kier alpha value is -1.99. The maximum atomic E-state index is 11.9. The number of anilines is 2. The van der Waals surface area contributed by atoms with Crippen LogP contribution in [0.25, 0.3) is 0 Å². The standard InChI is InChI=1S/C20H24ClN5OS/c1-14-4-2-3-5-16(14)25-8-10-26(11-9-25)18-12-17(21)23-20(24-18)28-13-19(27)22-15-6-7-15/h2-5,12,15H,6-11,13H2,1H3,(H,22,27). The molecule has 28 heavy (non-hydrogen) atoms. The summed E-state index contributed by atoms with van der Waals surface area (Å²) in [5, 5.41) is 3.94. The average molecular weight is 418 g/mol. The quantitative estimate of drug-likeness (QED) is 0.442. The van der Waals surface area contributed by atoms with Crippen LogP contribution in [0.15, 0.2) is 35.5 Å². The van der Waals surface area contributed by atoms with Gasteiger partial charge in [-0.05, 0) is 31.4 Å². The second-order valence-electron chi connectivity index (χ2n) is 7.22. The fraction of sp³-hybridized carbons (Fsp3) is 0.450. The number of nitrogens with one attached hydrogen (secondary N) is 1. The summed E-state index contributed by atoms with van der Waals surface area (Å²) in [5.41, 5.74) is 2.59. The van der Waals surface area contributed by atoms with E-state index < -0.39 is 0 Å². The molecule has 0 spiro atoms. The number of amides is 1. The van der Waals surface area contributed by atoms with Gasteiger partial charge in [0.1, 0.15) is 11.0 Å². The van der Waals surface area contributed by atoms with Gasteiger partial charge in [-0.15, -0.1) is 0 Å². The molecule has 1 saturated heterocycles. The zero-order valence-corrected chi connectivity index (χ0v) is 17.5. The first-order valence-corrected chi connectivity index (χ1v) is 11.0. The lowest BCUT2D eigenvalue weighted by atomic mass is 10.1. The molecule has 2 aromatic rings. The Labute approximate surface area is 174 Å². The van der Waals surface area contributed by atoms with Gasteiger partial charge >= 0.3 is 0 Å². The molecule has 1 aliphatic heterocycles. The maximum absolute atomic E-state index is 11.9. The number of thioether (sulfide) groups is 1. The van der Waals surface area contributed by atoms with Crippen molar-refractivity contribution in [3.05, 3.63) is 41.0 Å². The van der Waals surface area contributed by atoms with Crippen LogP contribution < -0.4 is 15.1 Å². The summed E-state index contributed by atoms with van der Waals surface area (Å²) in [5.74, 6) is 1.18. The van der Waals surface area contributed by atoms with Crippen LogP contribution >= 0.6 is 23.4 Å². The van der Waals surface area contributed by atoms with Crippen molar-refractivity contribution < 1.29 is 4.79 Å². The Bertz CT molecular complexity index is 852. The largest absolute Gasteiger partial charge is 0.368 e. The third-order valence-electron chi connectivity index (χ3n) is 5.00. The molecule has 4 rings (SSSR count). The molecule has 1 saturated carbocycles. The Kier molecular flexibility index (Phi) is 5.92. The molecule has 6 nitrogen and oxygen atoms in total. The zero-order valence-electron chi connectivity index (χ0n) is 15.9. The van der Waals surface area contributed by atoms with Gasteiger partial charge in [0.2, 0.25) is 5.91 Å². The van der Waals surface area contributed by atoms with E-state index in [4.69, 9.17) is 11.6 Å². The number of nitrogens with zero attached hydrogens (tertiary/aromatic N) is 4. The number of para-hydroxylation sites is 1. The van der Waals surface area contributed by atoms with Gasteiger partial charge in [0.15, 0.2) is 5.16 Å². The molecule has 0 radical (unpaired) electrons. The van der Waals surface area contributed by atoms with Crippen molar-refractivity contribution in [1.29, 1.82) is 0 Å². The SMILES string of the molecule is Cc1ccccc1N1CCN(c2cc(Cl)nc(SCC(=O)NC3CC3)n2)CC1. The molecule has 1 aromatic heterocycles. The van der Waals surface area contributed by atoms with Crippen molar-refractivity contribution in [2.45, 2.75) is 31.0 Å². The summed E-state index contributed by atoms with van der Waals surface area (Å²) in [4.78, 5) is 25.4. The number of hydrogen-bond donors (Lipinski definition) is 1. The summed E-state index contributed by atoms with van der Waals surface area (Å²) in [7, 11) is 0. The molecule has 0 unspecified atom stereocenters. The molecule has 2 heterocycles. The van der Waals surface area contributed by atoms with Crippen LogP contribution in [0.1, 0.15) is 18.4 Å². The lowest BCUT2D eigenvalue weighted by Gasteiger charge is -2.37. The number of aromatic nitrogens is 2. The van der Waals surface area contributed by atoms with E-state index >= 15 is 0 Å². The third kappa shape index (κ3) is 4.89. The van der Waals surface area contributed by atoms with E-state index in [1.165, 1.54) is 23.0 Å². The van der Waals surface area contributed by atoms with Crippen LogP contribution in [0.3, 0.4) is 0 Å². The van der Waals surface area contributed by atoms with Gasteiger partial charge in [-0.2, -0.15) is 0 Å². The van der Waals surface area contributed by atoms with E-state index in [0.29, 0.717) is 22.1 Å². The number of carbonyl (C=O) groups excluding carboxylic acids is 1. The highest BCUT2D eigenvalue weighted by Gasteiger charge is 2.24. The van der Waals surface area contributed by atoms with E-state index in [2.05, 4.69) is 56.3 Å². The molecule has 2 fully saturated rings. The molecular weight excluding hydrogens is 394 g/mol.